The predicted octanol–water partition coefficient (Wildman–Crippen LogP) is 1.70. The summed E-state index contributed by atoms with van der Waals surface area (Å²) in [6.45, 7) is 3.90. The van der Waals surface area contributed by atoms with Crippen LogP contribution in [-0.4, -0.2) is 37.9 Å². The summed E-state index contributed by atoms with van der Waals surface area (Å²) in [7, 11) is -3.73. The van der Waals surface area contributed by atoms with E-state index in [-0.39, 0.29) is 11.4 Å². The van der Waals surface area contributed by atoms with Crippen LogP contribution in [0.2, 0.25) is 0 Å². The number of benzene rings is 1. The van der Waals surface area contributed by atoms with E-state index < -0.39 is 21.0 Å². The Bertz CT molecular complexity index is 890. The minimum atomic E-state index is -3.73. The molecule has 1 N–H and O–H groups in total. The zero-order valence-corrected chi connectivity index (χ0v) is 14.6. The van der Waals surface area contributed by atoms with Gasteiger partial charge in [0.15, 0.2) is 21.3 Å². The second-order valence-corrected chi connectivity index (χ2v) is 8.05. The van der Waals surface area contributed by atoms with E-state index in [1.807, 2.05) is 0 Å². The summed E-state index contributed by atoms with van der Waals surface area (Å²) in [5.74, 6) is 0.625. The maximum Gasteiger partial charge on any atom is 0.242 e. The molecule has 1 amide bonds. The molecule has 134 valence electrons. The van der Waals surface area contributed by atoms with Gasteiger partial charge in [0.25, 0.3) is 0 Å². The molecular formula is C16H18N2O6S. The lowest BCUT2D eigenvalue weighted by Crippen LogP contribution is -2.33. The van der Waals surface area contributed by atoms with Crippen LogP contribution in [0.3, 0.4) is 0 Å². The molecule has 0 saturated carbocycles. The fraction of sp³-hybridized carbons (Fsp3) is 0.375. The lowest BCUT2D eigenvalue weighted by molar-refractivity contribution is -0.115. The van der Waals surface area contributed by atoms with Crippen LogP contribution < -0.4 is 14.8 Å². The van der Waals surface area contributed by atoms with Crippen LogP contribution >= 0.6 is 0 Å². The summed E-state index contributed by atoms with van der Waals surface area (Å²) in [5, 5.41) is 5.01. The molecule has 2 heterocycles. The third kappa shape index (κ3) is 3.93. The number of nitrogens with zero attached hydrogens (tertiary/aromatic N) is 1. The normalized spacial score (nSPS) is 14.8. The van der Waals surface area contributed by atoms with E-state index in [0.717, 1.165) is 0 Å². The van der Waals surface area contributed by atoms with Crippen molar-refractivity contribution >= 4 is 21.4 Å². The third-order valence-corrected chi connectivity index (χ3v) is 5.73. The first-order chi connectivity index (χ1) is 11.8. The number of hydrogen-bond donors (Lipinski definition) is 1. The summed E-state index contributed by atoms with van der Waals surface area (Å²) in [5.41, 5.74) is 0.713. The molecule has 1 aliphatic rings. The lowest BCUT2D eigenvalue weighted by Gasteiger charge is -2.19. The Morgan fingerprint density at radius 1 is 1.24 bits per heavy atom. The van der Waals surface area contributed by atoms with E-state index in [0.29, 0.717) is 36.2 Å². The van der Waals surface area contributed by atoms with Crippen molar-refractivity contribution in [1.82, 2.24) is 5.16 Å². The molecular weight excluding hydrogens is 348 g/mol. The van der Waals surface area contributed by atoms with Gasteiger partial charge < -0.3 is 19.3 Å². The van der Waals surface area contributed by atoms with Crippen molar-refractivity contribution < 1.29 is 27.2 Å². The highest BCUT2D eigenvalue weighted by molar-refractivity contribution is 7.92. The molecule has 1 aromatic carbocycles. The van der Waals surface area contributed by atoms with Gasteiger partial charge in [-0.05, 0) is 26.0 Å². The molecule has 0 aliphatic carbocycles. The Morgan fingerprint density at radius 3 is 2.64 bits per heavy atom. The smallest absolute Gasteiger partial charge is 0.242 e. The van der Waals surface area contributed by atoms with E-state index in [1.54, 1.807) is 25.1 Å². The molecule has 1 aromatic heterocycles. The number of anilines is 1. The Labute approximate surface area is 145 Å². The Morgan fingerprint density at radius 2 is 1.96 bits per heavy atom. The minimum Gasteiger partial charge on any atom is -0.486 e. The number of aryl methyl sites for hydroxylation is 1. The number of aromatic nitrogens is 1. The van der Waals surface area contributed by atoms with Crippen molar-refractivity contribution in [2.24, 2.45) is 0 Å². The van der Waals surface area contributed by atoms with Crippen molar-refractivity contribution in [3.8, 4) is 11.5 Å². The number of sulfone groups is 1. The first kappa shape index (κ1) is 17.3. The minimum absolute atomic E-state index is 0.275. The summed E-state index contributed by atoms with van der Waals surface area (Å²) < 4.78 is 40.5. The number of hydrogen-bond acceptors (Lipinski definition) is 7. The van der Waals surface area contributed by atoms with Crippen LogP contribution in [0.4, 0.5) is 5.69 Å². The van der Waals surface area contributed by atoms with Gasteiger partial charge in [0.1, 0.15) is 24.2 Å². The van der Waals surface area contributed by atoms with Crippen LogP contribution in [0.5, 0.6) is 11.5 Å². The number of carbonyl (C=O) groups excluding carboxylic acids is 1. The molecule has 25 heavy (non-hydrogen) atoms. The van der Waals surface area contributed by atoms with E-state index in [9.17, 15) is 13.2 Å². The monoisotopic (exact) mass is 366 g/mol. The largest absolute Gasteiger partial charge is 0.486 e. The highest BCUT2D eigenvalue weighted by Gasteiger charge is 2.29. The molecule has 9 heteroatoms. The summed E-state index contributed by atoms with van der Waals surface area (Å²) in [6, 6.07) is 6.43. The topological polar surface area (TPSA) is 108 Å². The van der Waals surface area contributed by atoms with Crippen molar-refractivity contribution in [1.29, 1.82) is 0 Å². The molecule has 0 bridgehead atoms. The maximum atomic E-state index is 12.4. The first-order valence-electron chi connectivity index (χ1n) is 7.69. The second kappa shape index (κ2) is 6.75. The second-order valence-electron chi connectivity index (χ2n) is 5.73. The molecule has 3 rings (SSSR count). The van der Waals surface area contributed by atoms with Crippen molar-refractivity contribution in [3.63, 3.8) is 0 Å². The summed E-state index contributed by atoms with van der Waals surface area (Å²) >= 11 is 0. The van der Waals surface area contributed by atoms with Gasteiger partial charge in [-0.25, -0.2) is 8.42 Å². The Kier molecular flexibility index (Phi) is 4.67. The van der Waals surface area contributed by atoms with Gasteiger partial charge in [0.05, 0.1) is 11.4 Å². The first-order valence-corrected chi connectivity index (χ1v) is 9.41. The average molecular weight is 366 g/mol. The number of fused-ring (bicyclic) bond motifs is 1. The van der Waals surface area contributed by atoms with Crippen LogP contribution in [0, 0.1) is 6.92 Å². The van der Waals surface area contributed by atoms with E-state index in [4.69, 9.17) is 14.0 Å². The van der Waals surface area contributed by atoms with Gasteiger partial charge in [-0.2, -0.15) is 0 Å². The predicted molar refractivity (Wildman–Crippen MR) is 89.4 cm³/mol. The molecule has 0 radical (unpaired) electrons. The van der Waals surface area contributed by atoms with E-state index >= 15 is 0 Å². The maximum absolute atomic E-state index is 12.4. The SMILES string of the molecule is Cc1cc(CS(=O)(=O)C(C)C(=O)Nc2ccc3c(c2)OCCO3)no1. The zero-order chi connectivity index (χ0) is 18.0. The van der Waals surface area contributed by atoms with Gasteiger partial charge in [-0.3, -0.25) is 4.79 Å². The quantitative estimate of drug-likeness (QED) is 0.858. The van der Waals surface area contributed by atoms with E-state index in [1.165, 1.54) is 13.0 Å². The number of amides is 1. The fourth-order valence-electron chi connectivity index (χ4n) is 2.35. The van der Waals surface area contributed by atoms with Gasteiger partial charge in [0.2, 0.25) is 5.91 Å². The van der Waals surface area contributed by atoms with Gasteiger partial charge in [-0.1, -0.05) is 5.16 Å². The van der Waals surface area contributed by atoms with Gasteiger partial charge in [-0.15, -0.1) is 0 Å². The van der Waals surface area contributed by atoms with Crippen molar-refractivity contribution in [2.75, 3.05) is 18.5 Å². The highest BCUT2D eigenvalue weighted by Crippen LogP contribution is 2.32. The molecule has 1 unspecified atom stereocenters. The van der Waals surface area contributed by atoms with Crippen LogP contribution in [0.1, 0.15) is 18.4 Å². The standard InChI is InChI=1S/C16H18N2O6S/c1-10-7-13(18-24-10)9-25(20,21)11(2)16(19)17-12-3-4-14-15(8-12)23-6-5-22-14/h3-4,7-8,11H,5-6,9H2,1-2H3,(H,17,19). The summed E-state index contributed by atoms with van der Waals surface area (Å²) in [4.78, 5) is 12.3. The summed E-state index contributed by atoms with van der Waals surface area (Å²) in [6.07, 6.45) is 0. The third-order valence-electron chi connectivity index (χ3n) is 3.74. The Balaban J connectivity index is 1.69. The zero-order valence-electron chi connectivity index (χ0n) is 13.8. The molecule has 1 atom stereocenters. The molecule has 2 aromatic rings. The fourth-order valence-corrected chi connectivity index (χ4v) is 3.53. The van der Waals surface area contributed by atoms with E-state index in [2.05, 4.69) is 10.5 Å². The molecule has 0 spiro atoms. The number of carbonyl (C=O) groups is 1. The lowest BCUT2D eigenvalue weighted by atomic mass is 10.2. The average Bonchev–Trinajstić information content (AvgIpc) is 2.98. The number of rotatable bonds is 5. The number of nitrogens with one attached hydrogen (secondary N) is 1. The van der Waals surface area contributed by atoms with Crippen LogP contribution in [0.25, 0.3) is 0 Å². The van der Waals surface area contributed by atoms with Gasteiger partial charge in [0, 0.05) is 17.8 Å². The molecule has 8 nitrogen and oxygen atoms in total. The van der Waals surface area contributed by atoms with Crippen molar-refractivity contribution in [3.05, 3.63) is 35.7 Å². The number of ether oxygens (including phenoxy) is 2. The van der Waals surface area contributed by atoms with Gasteiger partial charge >= 0.3 is 0 Å². The highest BCUT2D eigenvalue weighted by atomic mass is 32.2. The van der Waals surface area contributed by atoms with Crippen LogP contribution in [0.15, 0.2) is 28.8 Å². The van der Waals surface area contributed by atoms with Crippen molar-refractivity contribution in [2.45, 2.75) is 24.9 Å². The Hall–Kier alpha value is -2.55. The van der Waals surface area contributed by atoms with Crippen LogP contribution in [-0.2, 0) is 20.4 Å². The molecule has 0 saturated heterocycles. The molecule has 0 fully saturated rings. The molecule has 1 aliphatic heterocycles.